The van der Waals surface area contributed by atoms with E-state index in [1.54, 1.807) is 19.2 Å². The first-order valence-electron chi connectivity index (χ1n) is 10.9. The number of carbonyl (C=O) groups excluding carboxylic acids is 1. The first-order chi connectivity index (χ1) is 15.7. The number of rotatable bonds is 4. The van der Waals surface area contributed by atoms with Crippen LogP contribution in [0.1, 0.15) is 36.7 Å². The Morgan fingerprint density at radius 2 is 1.55 bits per heavy atom. The highest BCUT2D eigenvalue weighted by molar-refractivity contribution is 6.06. The molecule has 0 saturated carbocycles. The monoisotopic (exact) mass is 440 g/mol. The Kier molecular flexibility index (Phi) is 5.81. The van der Waals surface area contributed by atoms with Gasteiger partial charge >= 0.3 is 0 Å². The Morgan fingerprint density at radius 1 is 0.909 bits per heavy atom. The predicted molar refractivity (Wildman–Crippen MR) is 134 cm³/mol. The second kappa shape index (κ2) is 8.58. The van der Waals surface area contributed by atoms with Crippen molar-refractivity contribution in [2.75, 3.05) is 12.4 Å². The van der Waals surface area contributed by atoms with E-state index >= 15 is 0 Å². The Hall–Kier alpha value is -3.86. The highest BCUT2D eigenvalue weighted by Crippen LogP contribution is 2.30. The molecule has 4 rings (SSSR count). The lowest BCUT2D eigenvalue weighted by Crippen LogP contribution is -2.21. The van der Waals surface area contributed by atoms with Crippen LogP contribution in [0.4, 0.5) is 5.82 Å². The normalized spacial score (nSPS) is 11.4. The second-order valence-electron chi connectivity index (χ2n) is 9.14. The van der Waals surface area contributed by atoms with Gasteiger partial charge in [-0.3, -0.25) is 9.59 Å². The number of carbonyl (C=O) groups is 1. The molecule has 5 heteroatoms. The summed E-state index contributed by atoms with van der Waals surface area (Å²) in [5.41, 5.74) is 3.45. The van der Waals surface area contributed by atoms with Crippen molar-refractivity contribution in [2.45, 2.75) is 26.2 Å². The molecule has 0 spiro atoms. The second-order valence-corrected chi connectivity index (χ2v) is 9.14. The number of ether oxygens (including phenoxy) is 1. The third-order valence-corrected chi connectivity index (χ3v) is 5.93. The van der Waals surface area contributed by atoms with E-state index in [9.17, 15) is 9.59 Å². The first kappa shape index (κ1) is 22.3. The lowest BCUT2D eigenvalue weighted by molar-refractivity contribution is 0.102. The summed E-state index contributed by atoms with van der Waals surface area (Å²) in [7, 11) is 3.45. The molecule has 33 heavy (non-hydrogen) atoms. The van der Waals surface area contributed by atoms with Crippen molar-refractivity contribution in [3.05, 3.63) is 94.1 Å². The first-order valence-corrected chi connectivity index (χ1v) is 10.9. The SMILES string of the molecule is COc1ccc(-c2c(NC(=O)c3ccc(C(C)(C)C)cc3)n(C)c3ccccc3c2=O)cc1. The summed E-state index contributed by atoms with van der Waals surface area (Å²) in [5, 5.41) is 3.60. The number of nitrogens with one attached hydrogen (secondary N) is 1. The number of hydrogen-bond acceptors (Lipinski definition) is 3. The quantitative estimate of drug-likeness (QED) is 0.439. The molecule has 168 valence electrons. The van der Waals surface area contributed by atoms with Crippen LogP contribution in [0.3, 0.4) is 0 Å². The molecule has 0 unspecified atom stereocenters. The van der Waals surface area contributed by atoms with E-state index in [4.69, 9.17) is 4.74 Å². The molecule has 0 radical (unpaired) electrons. The zero-order chi connectivity index (χ0) is 23.8. The van der Waals surface area contributed by atoms with Gasteiger partial charge in [0, 0.05) is 18.0 Å². The maximum absolute atomic E-state index is 13.5. The molecule has 0 atom stereocenters. The molecule has 0 fully saturated rings. The lowest BCUT2D eigenvalue weighted by atomic mass is 9.87. The van der Waals surface area contributed by atoms with E-state index < -0.39 is 0 Å². The summed E-state index contributed by atoms with van der Waals surface area (Å²) >= 11 is 0. The van der Waals surface area contributed by atoms with Crippen LogP contribution in [0.25, 0.3) is 22.0 Å². The maximum atomic E-state index is 13.5. The minimum absolute atomic E-state index is 0.00120. The minimum Gasteiger partial charge on any atom is -0.497 e. The van der Waals surface area contributed by atoms with Gasteiger partial charge in [-0.1, -0.05) is 57.2 Å². The van der Waals surface area contributed by atoms with E-state index in [1.807, 2.05) is 72.3 Å². The van der Waals surface area contributed by atoms with Gasteiger partial charge < -0.3 is 14.6 Å². The van der Waals surface area contributed by atoms with Crippen LogP contribution in [0.5, 0.6) is 5.75 Å². The van der Waals surface area contributed by atoms with Gasteiger partial charge in [0.15, 0.2) is 5.43 Å². The zero-order valence-corrected chi connectivity index (χ0v) is 19.6. The summed E-state index contributed by atoms with van der Waals surface area (Å²) in [6.07, 6.45) is 0. The Morgan fingerprint density at radius 3 is 2.15 bits per heavy atom. The smallest absolute Gasteiger partial charge is 0.256 e. The van der Waals surface area contributed by atoms with Crippen molar-refractivity contribution in [3.8, 4) is 16.9 Å². The van der Waals surface area contributed by atoms with Crippen LogP contribution >= 0.6 is 0 Å². The van der Waals surface area contributed by atoms with Crippen molar-refractivity contribution in [2.24, 2.45) is 7.05 Å². The summed E-state index contributed by atoms with van der Waals surface area (Å²) in [6.45, 7) is 6.40. The molecule has 1 N–H and O–H groups in total. The molecule has 1 amide bonds. The van der Waals surface area contributed by atoms with Gasteiger partial charge in [0.1, 0.15) is 11.6 Å². The molecular weight excluding hydrogens is 412 g/mol. The average molecular weight is 441 g/mol. The Balaban J connectivity index is 1.84. The number of amides is 1. The van der Waals surface area contributed by atoms with Crippen molar-refractivity contribution in [1.82, 2.24) is 4.57 Å². The number of aryl methyl sites for hydroxylation is 1. The zero-order valence-electron chi connectivity index (χ0n) is 19.6. The van der Waals surface area contributed by atoms with Crippen LogP contribution in [-0.2, 0) is 12.5 Å². The van der Waals surface area contributed by atoms with Gasteiger partial charge in [-0.05, 0) is 52.9 Å². The van der Waals surface area contributed by atoms with Crippen LogP contribution in [-0.4, -0.2) is 17.6 Å². The predicted octanol–water partition coefficient (Wildman–Crippen LogP) is 5.76. The van der Waals surface area contributed by atoms with Crippen LogP contribution in [0.2, 0.25) is 0 Å². The molecular formula is C28H28N2O3. The van der Waals surface area contributed by atoms with Gasteiger partial charge in [-0.15, -0.1) is 0 Å². The highest BCUT2D eigenvalue weighted by atomic mass is 16.5. The number of fused-ring (bicyclic) bond motifs is 1. The fourth-order valence-corrected chi connectivity index (χ4v) is 3.96. The fourth-order valence-electron chi connectivity index (χ4n) is 3.96. The standard InChI is InChI=1S/C28H28N2O3/c1-28(2,3)20-14-10-19(11-15-20)27(32)29-26-24(18-12-16-21(33-5)17-13-18)25(31)22-8-6-7-9-23(22)30(26)4/h6-17H,1-5H3,(H,29,32). The Labute approximate surface area is 193 Å². The molecule has 0 saturated heterocycles. The van der Waals surface area contributed by atoms with E-state index in [2.05, 4.69) is 26.1 Å². The lowest BCUT2D eigenvalue weighted by Gasteiger charge is -2.20. The van der Waals surface area contributed by atoms with Crippen molar-refractivity contribution < 1.29 is 9.53 Å². The molecule has 1 heterocycles. The number of pyridine rings is 1. The number of aromatic nitrogens is 1. The third-order valence-electron chi connectivity index (χ3n) is 5.93. The van der Waals surface area contributed by atoms with Crippen molar-refractivity contribution >= 4 is 22.6 Å². The number of hydrogen-bond donors (Lipinski definition) is 1. The molecule has 3 aromatic carbocycles. The molecule has 0 aliphatic carbocycles. The van der Waals surface area contributed by atoms with Crippen LogP contribution < -0.4 is 15.5 Å². The molecule has 5 nitrogen and oxygen atoms in total. The molecule has 4 aromatic rings. The van der Waals surface area contributed by atoms with E-state index in [0.29, 0.717) is 33.6 Å². The maximum Gasteiger partial charge on any atom is 0.256 e. The molecule has 1 aromatic heterocycles. The highest BCUT2D eigenvalue weighted by Gasteiger charge is 2.20. The molecule has 0 aliphatic rings. The van der Waals surface area contributed by atoms with Crippen molar-refractivity contribution in [3.63, 3.8) is 0 Å². The van der Waals surface area contributed by atoms with Crippen LogP contribution in [0.15, 0.2) is 77.6 Å². The van der Waals surface area contributed by atoms with Crippen LogP contribution in [0, 0.1) is 0 Å². The van der Waals surface area contributed by atoms with Gasteiger partial charge in [-0.25, -0.2) is 0 Å². The molecule has 0 bridgehead atoms. The topological polar surface area (TPSA) is 60.3 Å². The third kappa shape index (κ3) is 4.27. The number of methoxy groups -OCH3 is 1. The van der Waals surface area contributed by atoms with Crippen molar-refractivity contribution in [1.29, 1.82) is 0 Å². The summed E-state index contributed by atoms with van der Waals surface area (Å²) in [6, 6.07) is 22.3. The summed E-state index contributed by atoms with van der Waals surface area (Å²) in [5.74, 6) is 0.880. The summed E-state index contributed by atoms with van der Waals surface area (Å²) in [4.78, 5) is 26.7. The van der Waals surface area contributed by atoms with Gasteiger partial charge in [-0.2, -0.15) is 0 Å². The van der Waals surface area contributed by atoms with Gasteiger partial charge in [0.05, 0.1) is 18.2 Å². The van der Waals surface area contributed by atoms with E-state index in [-0.39, 0.29) is 16.8 Å². The van der Waals surface area contributed by atoms with E-state index in [0.717, 1.165) is 11.1 Å². The van der Waals surface area contributed by atoms with Gasteiger partial charge in [0.2, 0.25) is 0 Å². The number of benzene rings is 3. The fraction of sp³-hybridized carbons (Fsp3) is 0.214. The number of nitrogens with zero attached hydrogens (tertiary/aromatic N) is 1. The number of para-hydroxylation sites is 1. The number of anilines is 1. The largest absolute Gasteiger partial charge is 0.497 e. The average Bonchev–Trinajstić information content (AvgIpc) is 2.82. The Bertz CT molecular complexity index is 1380. The van der Waals surface area contributed by atoms with E-state index in [1.165, 1.54) is 0 Å². The minimum atomic E-state index is -0.268. The summed E-state index contributed by atoms with van der Waals surface area (Å²) < 4.78 is 7.12. The van der Waals surface area contributed by atoms with Gasteiger partial charge in [0.25, 0.3) is 5.91 Å². The molecule has 0 aliphatic heterocycles.